The molecule has 1 aliphatic rings. The van der Waals surface area contributed by atoms with Gasteiger partial charge in [-0.15, -0.1) is 0 Å². The van der Waals surface area contributed by atoms with Crippen molar-refractivity contribution in [3.05, 3.63) is 86.6 Å². The van der Waals surface area contributed by atoms with Crippen LogP contribution in [0.4, 0.5) is 5.69 Å². The van der Waals surface area contributed by atoms with Crippen LogP contribution < -0.4 is 41.1 Å². The van der Waals surface area contributed by atoms with Gasteiger partial charge in [0, 0.05) is 25.6 Å². The van der Waals surface area contributed by atoms with Gasteiger partial charge in [-0.2, -0.15) is 0 Å². The van der Waals surface area contributed by atoms with Crippen LogP contribution in [0.1, 0.15) is 44.4 Å². The summed E-state index contributed by atoms with van der Waals surface area (Å²) in [6.45, 7) is 5.62. The molecular formula is C36H41N5O7. The number of nitrogens with zero attached hydrogens (tertiary/aromatic N) is 2. The summed E-state index contributed by atoms with van der Waals surface area (Å²) >= 11 is 0. The van der Waals surface area contributed by atoms with Crippen molar-refractivity contribution in [2.24, 2.45) is 5.92 Å². The predicted octanol–water partition coefficient (Wildman–Crippen LogP) is 3.83. The molecule has 2 amide bonds. The van der Waals surface area contributed by atoms with Gasteiger partial charge >= 0.3 is 0 Å². The minimum absolute atomic E-state index is 0.186. The van der Waals surface area contributed by atoms with E-state index >= 15 is 0 Å². The fourth-order valence-electron chi connectivity index (χ4n) is 6.20. The van der Waals surface area contributed by atoms with E-state index in [2.05, 4.69) is 20.9 Å². The molecule has 0 aliphatic heterocycles. The lowest BCUT2D eigenvalue weighted by atomic mass is 9.95. The molecule has 1 aliphatic carbocycles. The Balaban J connectivity index is 1.47. The number of anilines is 1. The second-order valence-electron chi connectivity index (χ2n) is 12.0. The molecule has 3 N–H and O–H groups in total. The molecule has 1 heterocycles. The number of ether oxygens (including phenoxy) is 3. The molecule has 4 aromatic rings. The average Bonchev–Trinajstić information content (AvgIpc) is 3.31. The standard InChI is InChI=1S/C36H41N5O7/c1-20(2)32(35(44)37-15-16-41-19-38-26-10-8-7-9-24(26)36(41)45)40-28-14-12-23-25(18-29(28)43)27(39-21(3)42)13-11-22-17-30(46-4)33(47-5)34(48-6)31(22)23/h7-10,12,14,17-20,27,32H,11,13,15-16H2,1-6H3,(H,37,44)(H,39,42)(H,40,43). The van der Waals surface area contributed by atoms with Gasteiger partial charge in [-0.05, 0) is 65.8 Å². The van der Waals surface area contributed by atoms with Gasteiger partial charge in [-0.3, -0.25) is 23.7 Å². The predicted molar refractivity (Wildman–Crippen MR) is 184 cm³/mol. The first-order valence-corrected chi connectivity index (χ1v) is 15.8. The van der Waals surface area contributed by atoms with Gasteiger partial charge < -0.3 is 30.2 Å². The molecule has 3 aromatic carbocycles. The number of methoxy groups -OCH3 is 3. The van der Waals surface area contributed by atoms with Crippen molar-refractivity contribution in [3.63, 3.8) is 0 Å². The minimum atomic E-state index is -0.760. The molecule has 0 saturated heterocycles. The first-order valence-electron chi connectivity index (χ1n) is 15.8. The number of rotatable bonds is 11. The highest BCUT2D eigenvalue weighted by Crippen LogP contribution is 2.50. The molecule has 1 aromatic heterocycles. The second-order valence-corrected chi connectivity index (χ2v) is 12.0. The highest BCUT2D eigenvalue weighted by atomic mass is 16.5. The molecule has 252 valence electrons. The molecule has 2 unspecified atom stereocenters. The summed E-state index contributed by atoms with van der Waals surface area (Å²) in [5.74, 6) is 0.627. The number of carbonyl (C=O) groups is 2. The molecule has 12 heteroatoms. The maximum absolute atomic E-state index is 13.8. The van der Waals surface area contributed by atoms with E-state index in [1.165, 1.54) is 31.0 Å². The zero-order valence-corrected chi connectivity index (χ0v) is 28.0. The van der Waals surface area contributed by atoms with E-state index in [9.17, 15) is 19.2 Å². The van der Waals surface area contributed by atoms with Crippen molar-refractivity contribution in [2.45, 2.75) is 52.2 Å². The van der Waals surface area contributed by atoms with Crippen molar-refractivity contribution in [3.8, 4) is 28.4 Å². The maximum Gasteiger partial charge on any atom is 0.261 e. The maximum atomic E-state index is 13.8. The molecular weight excluding hydrogens is 614 g/mol. The van der Waals surface area contributed by atoms with Gasteiger partial charge in [0.15, 0.2) is 11.5 Å². The van der Waals surface area contributed by atoms with Crippen LogP contribution in [0.15, 0.2) is 64.4 Å². The lowest BCUT2D eigenvalue weighted by molar-refractivity contribution is -0.122. The first-order chi connectivity index (χ1) is 23.1. The Kier molecular flexibility index (Phi) is 10.3. The van der Waals surface area contributed by atoms with Gasteiger partial charge in [-0.1, -0.05) is 32.0 Å². The lowest BCUT2D eigenvalue weighted by Gasteiger charge is -2.22. The summed E-state index contributed by atoms with van der Waals surface area (Å²) in [5, 5.41) is 9.57. The normalized spacial score (nSPS) is 14.3. The quantitative estimate of drug-likeness (QED) is 0.219. The molecule has 2 atom stereocenters. The highest BCUT2D eigenvalue weighted by Gasteiger charge is 2.30. The number of para-hydroxylation sites is 1. The number of nitrogens with one attached hydrogen (secondary N) is 3. The fraction of sp³-hybridized carbons (Fsp3) is 0.361. The number of aryl methyl sites for hydroxylation is 1. The number of hydrogen-bond donors (Lipinski definition) is 3. The molecule has 0 fully saturated rings. The van der Waals surface area contributed by atoms with E-state index in [1.807, 2.05) is 26.0 Å². The minimum Gasteiger partial charge on any atom is -0.493 e. The Labute approximate surface area is 278 Å². The third-order valence-corrected chi connectivity index (χ3v) is 8.56. The van der Waals surface area contributed by atoms with Crippen molar-refractivity contribution >= 4 is 28.4 Å². The average molecular weight is 656 g/mol. The van der Waals surface area contributed by atoms with Crippen molar-refractivity contribution in [1.82, 2.24) is 20.2 Å². The van der Waals surface area contributed by atoms with Crippen molar-refractivity contribution in [2.75, 3.05) is 33.2 Å². The first kappa shape index (κ1) is 34.0. The van der Waals surface area contributed by atoms with E-state index in [0.717, 1.165) is 11.1 Å². The fourth-order valence-corrected chi connectivity index (χ4v) is 6.20. The van der Waals surface area contributed by atoms with Gasteiger partial charge in [-0.25, -0.2) is 4.98 Å². The van der Waals surface area contributed by atoms with Crippen molar-refractivity contribution < 1.29 is 23.8 Å². The molecule has 0 radical (unpaired) electrons. The topological polar surface area (TPSA) is 150 Å². The van der Waals surface area contributed by atoms with Gasteiger partial charge in [0.1, 0.15) is 6.04 Å². The van der Waals surface area contributed by atoms with Crippen molar-refractivity contribution in [1.29, 1.82) is 0 Å². The van der Waals surface area contributed by atoms with E-state index < -0.39 is 12.1 Å². The van der Waals surface area contributed by atoms with Gasteiger partial charge in [0.2, 0.25) is 23.0 Å². The Morgan fingerprint density at radius 3 is 2.44 bits per heavy atom. The summed E-state index contributed by atoms with van der Waals surface area (Å²) in [5.41, 5.74) is 3.24. The smallest absolute Gasteiger partial charge is 0.261 e. The number of amides is 2. The molecule has 12 nitrogen and oxygen atoms in total. The SMILES string of the molecule is COc1cc2c(c(OC)c1OC)-c1ccc(NC(C(=O)NCCn3cnc4ccccc4c3=O)C(C)C)c(=O)cc1C(NC(C)=O)CC2. The van der Waals surface area contributed by atoms with E-state index in [-0.39, 0.29) is 47.5 Å². The van der Waals surface area contributed by atoms with Crippen LogP contribution in [0.5, 0.6) is 17.2 Å². The third-order valence-electron chi connectivity index (χ3n) is 8.56. The number of carbonyl (C=O) groups excluding carboxylic acids is 2. The number of fused-ring (bicyclic) bond motifs is 4. The van der Waals surface area contributed by atoms with Crippen LogP contribution in [0.3, 0.4) is 0 Å². The number of hydrogen-bond acceptors (Lipinski definition) is 9. The van der Waals surface area contributed by atoms with Crippen LogP contribution >= 0.6 is 0 Å². The Morgan fingerprint density at radius 1 is 1.00 bits per heavy atom. The zero-order chi connectivity index (χ0) is 34.5. The molecule has 0 bridgehead atoms. The zero-order valence-electron chi connectivity index (χ0n) is 28.0. The number of aromatic nitrogens is 2. The van der Waals surface area contributed by atoms with E-state index in [4.69, 9.17) is 14.2 Å². The Bertz CT molecular complexity index is 1970. The summed E-state index contributed by atoms with van der Waals surface area (Å²) in [6.07, 6.45) is 2.57. The Hall–Kier alpha value is -5.39. The van der Waals surface area contributed by atoms with Crippen LogP contribution in [0.25, 0.3) is 22.0 Å². The lowest BCUT2D eigenvalue weighted by Crippen LogP contribution is -2.45. The van der Waals surface area contributed by atoms with E-state index in [1.54, 1.807) is 44.6 Å². The van der Waals surface area contributed by atoms with Gasteiger partial charge in [0.05, 0.1) is 50.3 Å². The second kappa shape index (κ2) is 14.6. The third kappa shape index (κ3) is 6.83. The molecule has 0 saturated carbocycles. The molecule has 5 rings (SSSR count). The largest absolute Gasteiger partial charge is 0.493 e. The number of benzene rings is 2. The monoisotopic (exact) mass is 655 g/mol. The molecule has 0 spiro atoms. The summed E-state index contributed by atoms with van der Waals surface area (Å²) in [6, 6.07) is 12.7. The van der Waals surface area contributed by atoms with E-state index in [0.29, 0.717) is 52.1 Å². The highest BCUT2D eigenvalue weighted by molar-refractivity contribution is 5.86. The molecule has 48 heavy (non-hydrogen) atoms. The van der Waals surface area contributed by atoms with Crippen LogP contribution in [-0.4, -0.2) is 55.3 Å². The summed E-state index contributed by atoms with van der Waals surface area (Å²) in [7, 11) is 4.63. The summed E-state index contributed by atoms with van der Waals surface area (Å²) < 4.78 is 18.6. The summed E-state index contributed by atoms with van der Waals surface area (Å²) in [4.78, 5) is 56.8. The Morgan fingerprint density at radius 2 is 1.75 bits per heavy atom. The van der Waals surface area contributed by atoms with Crippen LogP contribution in [0, 0.1) is 5.92 Å². The van der Waals surface area contributed by atoms with Crippen LogP contribution in [0.2, 0.25) is 0 Å². The van der Waals surface area contributed by atoms with Crippen LogP contribution in [-0.2, 0) is 22.6 Å². The van der Waals surface area contributed by atoms with Gasteiger partial charge in [0.25, 0.3) is 5.56 Å².